The highest BCUT2D eigenvalue weighted by Gasteiger charge is 2.52. The molecule has 8 heteroatoms. The van der Waals surface area contributed by atoms with Crippen LogP contribution < -0.4 is 11.2 Å². The summed E-state index contributed by atoms with van der Waals surface area (Å²) >= 11 is 6.23. The van der Waals surface area contributed by atoms with Crippen molar-refractivity contribution in [2.45, 2.75) is 59.2 Å². The molecule has 1 fully saturated rings. The quantitative estimate of drug-likeness (QED) is 0.267. The number of Topliss-reactive ketones (excluding diaryl/α,β-unsaturated/α-hetero) is 1. The lowest BCUT2D eigenvalue weighted by Crippen LogP contribution is -2.41. The zero-order valence-corrected chi connectivity index (χ0v) is 20.0. The Bertz CT molecular complexity index is 1230. The number of pyridine rings is 2. The molecule has 2 aromatic heterocycles. The first-order valence-corrected chi connectivity index (χ1v) is 11.1. The fourth-order valence-electron chi connectivity index (χ4n) is 3.92. The Balaban J connectivity index is 1.95. The molecule has 0 atom stereocenters. The number of aryl methyl sites for hydroxylation is 1. The lowest BCUT2D eigenvalue weighted by atomic mass is 9.73. The monoisotopic (exact) mass is 451 g/mol. The molecule has 0 unspecified atom stereocenters. The summed E-state index contributed by atoms with van der Waals surface area (Å²) in [4.78, 5) is 20.7. The van der Waals surface area contributed by atoms with E-state index in [9.17, 15) is 4.79 Å². The van der Waals surface area contributed by atoms with Crippen LogP contribution in [-0.2, 0) is 9.31 Å². The van der Waals surface area contributed by atoms with Crippen molar-refractivity contribution in [1.29, 1.82) is 0 Å². The molecule has 0 spiro atoms. The van der Waals surface area contributed by atoms with E-state index in [4.69, 9.17) is 26.6 Å². The van der Waals surface area contributed by atoms with Gasteiger partial charge in [-0.1, -0.05) is 18.5 Å². The number of hydrogen-bond acceptors (Lipinski definition) is 6. The van der Waals surface area contributed by atoms with E-state index in [1.54, 1.807) is 24.5 Å². The highest BCUT2D eigenvalue weighted by molar-refractivity contribution is 6.67. The third-order valence-corrected chi connectivity index (χ3v) is 6.78. The number of aromatic nitrogens is 2. The van der Waals surface area contributed by atoms with Gasteiger partial charge in [-0.3, -0.25) is 9.78 Å². The third-order valence-electron chi connectivity index (χ3n) is 6.57. The number of halogens is 1. The number of carbonyl (C=O) groups is 1. The second-order valence-corrected chi connectivity index (χ2v) is 9.62. The zero-order valence-electron chi connectivity index (χ0n) is 19.2. The molecule has 0 radical (unpaired) electrons. The largest absolute Gasteiger partial charge is 0.497 e. The predicted octanol–water partition coefficient (Wildman–Crippen LogP) is 4.73. The van der Waals surface area contributed by atoms with E-state index in [1.807, 2.05) is 47.6 Å². The van der Waals surface area contributed by atoms with Crippen molar-refractivity contribution in [1.82, 2.24) is 9.97 Å². The number of rotatable bonds is 4. The second-order valence-electron chi connectivity index (χ2n) is 9.23. The summed E-state index contributed by atoms with van der Waals surface area (Å²) < 4.78 is 12.7. The van der Waals surface area contributed by atoms with Gasteiger partial charge in [0.25, 0.3) is 0 Å². The standard InChI is InChI=1S/C24H27BClN3O3/c1-7-19(30)18-8-13(2)17(12-28-18)16-9-14-11-29-20(26)10-15(14)21(22(16)27)25-31-23(3,4)24(5,6)32-25/h8-12H,7,27H2,1-6H3. The minimum absolute atomic E-state index is 0.00267. The van der Waals surface area contributed by atoms with Crippen LogP contribution in [0.5, 0.6) is 0 Å². The zero-order chi connectivity index (χ0) is 23.4. The number of hydrogen-bond donors (Lipinski definition) is 1. The SMILES string of the molecule is CCC(=O)c1cc(C)c(-c2cc3cnc(Cl)cc3c(B3OC(C)(C)C(C)(C)O3)c2N)cn1. The van der Waals surface area contributed by atoms with Gasteiger partial charge >= 0.3 is 7.12 Å². The van der Waals surface area contributed by atoms with E-state index in [0.717, 1.165) is 27.5 Å². The molecule has 166 valence electrons. The Hall–Kier alpha value is -2.48. The summed E-state index contributed by atoms with van der Waals surface area (Å²) in [6.45, 7) is 11.8. The molecule has 6 nitrogen and oxygen atoms in total. The average Bonchev–Trinajstić information content (AvgIpc) is 2.93. The normalized spacial score (nSPS) is 17.2. The van der Waals surface area contributed by atoms with E-state index < -0.39 is 18.3 Å². The lowest BCUT2D eigenvalue weighted by Gasteiger charge is -2.32. The number of benzene rings is 1. The number of nitrogens with two attached hydrogens (primary N) is 1. The maximum Gasteiger partial charge on any atom is 0.497 e. The molecule has 0 saturated carbocycles. The Labute approximate surface area is 193 Å². The van der Waals surface area contributed by atoms with Crippen LogP contribution in [0.4, 0.5) is 5.69 Å². The Morgan fingerprint density at radius 3 is 2.31 bits per heavy atom. The van der Waals surface area contributed by atoms with Gasteiger partial charge < -0.3 is 15.0 Å². The van der Waals surface area contributed by atoms with Gasteiger partial charge in [0, 0.05) is 46.5 Å². The van der Waals surface area contributed by atoms with Crippen molar-refractivity contribution in [3.63, 3.8) is 0 Å². The number of ketones is 1. The molecule has 0 aliphatic carbocycles. The molecule has 32 heavy (non-hydrogen) atoms. The summed E-state index contributed by atoms with van der Waals surface area (Å²) in [6.07, 6.45) is 3.82. The summed E-state index contributed by atoms with van der Waals surface area (Å²) in [5, 5.41) is 2.05. The van der Waals surface area contributed by atoms with Gasteiger partial charge in [0.15, 0.2) is 5.78 Å². The predicted molar refractivity (Wildman–Crippen MR) is 129 cm³/mol. The topological polar surface area (TPSA) is 87.3 Å². The average molecular weight is 452 g/mol. The molecule has 1 aromatic carbocycles. The van der Waals surface area contributed by atoms with Gasteiger partial charge in [-0.2, -0.15) is 0 Å². The summed E-state index contributed by atoms with van der Waals surface area (Å²) in [6, 6.07) is 5.55. The van der Waals surface area contributed by atoms with Crippen LogP contribution in [0.1, 0.15) is 57.1 Å². The van der Waals surface area contributed by atoms with E-state index in [2.05, 4.69) is 9.97 Å². The highest BCUT2D eigenvalue weighted by atomic mass is 35.5. The molecule has 0 bridgehead atoms. The number of fused-ring (bicyclic) bond motifs is 1. The van der Waals surface area contributed by atoms with Crippen LogP contribution >= 0.6 is 11.6 Å². The number of nitrogen functional groups attached to an aromatic ring is 1. The van der Waals surface area contributed by atoms with Gasteiger partial charge in [0.1, 0.15) is 10.8 Å². The van der Waals surface area contributed by atoms with Gasteiger partial charge in [-0.25, -0.2) is 4.98 Å². The highest BCUT2D eigenvalue weighted by Crippen LogP contribution is 2.39. The minimum atomic E-state index is -0.671. The molecule has 4 rings (SSSR count). The first-order valence-electron chi connectivity index (χ1n) is 10.7. The van der Waals surface area contributed by atoms with Crippen molar-refractivity contribution >= 4 is 46.4 Å². The molecule has 3 heterocycles. The van der Waals surface area contributed by atoms with Gasteiger partial charge in [-0.15, -0.1) is 0 Å². The summed E-state index contributed by atoms with van der Waals surface area (Å²) in [7, 11) is -0.671. The summed E-state index contributed by atoms with van der Waals surface area (Å²) in [5.74, 6) is 0.00267. The number of carbonyl (C=O) groups excluding carboxylic acids is 1. The van der Waals surface area contributed by atoms with Gasteiger partial charge in [0.05, 0.1) is 11.2 Å². The van der Waals surface area contributed by atoms with Crippen molar-refractivity contribution in [3.8, 4) is 11.1 Å². The molecule has 2 N–H and O–H groups in total. The molecule has 1 aliphatic rings. The van der Waals surface area contributed by atoms with Crippen LogP contribution in [0.2, 0.25) is 5.15 Å². The maximum atomic E-state index is 12.1. The minimum Gasteiger partial charge on any atom is -0.399 e. The van der Waals surface area contributed by atoms with Crippen molar-refractivity contribution in [3.05, 3.63) is 47.0 Å². The fourth-order valence-corrected chi connectivity index (χ4v) is 4.08. The van der Waals surface area contributed by atoms with Crippen LogP contribution in [0.25, 0.3) is 21.9 Å². The van der Waals surface area contributed by atoms with E-state index >= 15 is 0 Å². The Morgan fingerprint density at radius 2 is 1.72 bits per heavy atom. The Kier molecular flexibility index (Phi) is 5.56. The number of anilines is 1. The smallest absolute Gasteiger partial charge is 0.399 e. The Morgan fingerprint density at radius 1 is 1.06 bits per heavy atom. The molecule has 1 aliphatic heterocycles. The molecular weight excluding hydrogens is 425 g/mol. The van der Waals surface area contributed by atoms with E-state index in [-0.39, 0.29) is 5.78 Å². The van der Waals surface area contributed by atoms with Crippen LogP contribution in [-0.4, -0.2) is 34.1 Å². The van der Waals surface area contributed by atoms with Crippen LogP contribution in [0.15, 0.2) is 30.6 Å². The van der Waals surface area contributed by atoms with Gasteiger partial charge in [-0.05, 0) is 63.8 Å². The lowest BCUT2D eigenvalue weighted by molar-refractivity contribution is 0.00578. The van der Waals surface area contributed by atoms with Crippen LogP contribution in [0.3, 0.4) is 0 Å². The fraction of sp³-hybridized carbons (Fsp3) is 0.375. The first-order chi connectivity index (χ1) is 14.9. The third kappa shape index (κ3) is 3.68. The van der Waals surface area contributed by atoms with E-state index in [0.29, 0.717) is 28.4 Å². The van der Waals surface area contributed by atoms with Crippen molar-refractivity contribution in [2.75, 3.05) is 5.73 Å². The second kappa shape index (κ2) is 7.83. The van der Waals surface area contributed by atoms with Crippen LogP contribution in [0, 0.1) is 6.92 Å². The van der Waals surface area contributed by atoms with Crippen molar-refractivity contribution < 1.29 is 14.1 Å². The maximum absolute atomic E-state index is 12.1. The molecule has 3 aromatic rings. The number of nitrogens with zero attached hydrogens (tertiary/aromatic N) is 2. The molecule has 0 amide bonds. The molecule has 1 saturated heterocycles. The van der Waals surface area contributed by atoms with Gasteiger partial charge in [0.2, 0.25) is 0 Å². The van der Waals surface area contributed by atoms with Crippen molar-refractivity contribution in [2.24, 2.45) is 0 Å². The van der Waals surface area contributed by atoms with E-state index in [1.165, 1.54) is 0 Å². The summed E-state index contributed by atoms with van der Waals surface area (Å²) in [5.41, 5.74) is 9.94. The first kappa shape index (κ1) is 22.7. The molecular formula is C24H27BClN3O3.